The zero-order chi connectivity index (χ0) is 20.1. The van der Waals surface area contributed by atoms with Gasteiger partial charge in [-0.2, -0.15) is 0 Å². The molecule has 0 unspecified atom stereocenters. The van der Waals surface area contributed by atoms with E-state index in [9.17, 15) is 14.4 Å². The number of nitrogens with two attached hydrogens (primary N) is 1. The molecule has 0 bridgehead atoms. The molecule has 0 radical (unpaired) electrons. The molecule has 142 valence electrons. The molecule has 3 N–H and O–H groups in total. The van der Waals surface area contributed by atoms with Gasteiger partial charge in [-0.1, -0.05) is 54.6 Å². The summed E-state index contributed by atoms with van der Waals surface area (Å²) in [4.78, 5) is 36.8. The molecule has 0 aliphatic carbocycles. The molecular formula is C22H20N2O4. The van der Waals surface area contributed by atoms with E-state index in [2.05, 4.69) is 5.32 Å². The van der Waals surface area contributed by atoms with Crippen molar-refractivity contribution in [3.8, 4) is 5.75 Å². The minimum absolute atomic E-state index is 0.117. The molecule has 2 amide bonds. The van der Waals surface area contributed by atoms with Crippen LogP contribution in [0.15, 0.2) is 60.7 Å². The molecule has 0 heterocycles. The Labute approximate surface area is 162 Å². The van der Waals surface area contributed by atoms with Gasteiger partial charge >= 0.3 is 0 Å². The van der Waals surface area contributed by atoms with Crippen LogP contribution in [0.3, 0.4) is 0 Å². The van der Waals surface area contributed by atoms with Gasteiger partial charge in [0.2, 0.25) is 5.91 Å². The zero-order valence-electron chi connectivity index (χ0n) is 15.3. The van der Waals surface area contributed by atoms with Gasteiger partial charge in [0.1, 0.15) is 5.75 Å². The smallest absolute Gasteiger partial charge is 0.259 e. The van der Waals surface area contributed by atoms with E-state index in [4.69, 9.17) is 10.5 Å². The molecule has 3 rings (SSSR count). The molecule has 1 atom stereocenters. The van der Waals surface area contributed by atoms with Gasteiger partial charge in [0.15, 0.2) is 6.29 Å². The number of carbonyl (C=O) groups is 3. The molecule has 3 aromatic rings. The summed E-state index contributed by atoms with van der Waals surface area (Å²) in [7, 11) is 1.49. The number of hydrogen-bond donors (Lipinski definition) is 2. The quantitative estimate of drug-likeness (QED) is 0.644. The number of aldehydes is 1. The number of benzene rings is 3. The molecule has 0 aliphatic rings. The summed E-state index contributed by atoms with van der Waals surface area (Å²) >= 11 is 0. The highest BCUT2D eigenvalue weighted by Crippen LogP contribution is 2.31. The first-order valence-electron chi connectivity index (χ1n) is 8.74. The number of amides is 2. The Kier molecular flexibility index (Phi) is 5.81. The van der Waals surface area contributed by atoms with E-state index in [1.54, 1.807) is 24.3 Å². The molecule has 0 saturated heterocycles. The lowest BCUT2D eigenvalue weighted by Crippen LogP contribution is -2.44. The SMILES string of the molecule is COc1cc(C=O)c(C(=O)NC(=O)[C@@H](N)Cc2ccccc2)c2ccccc12. The summed E-state index contributed by atoms with van der Waals surface area (Å²) in [6, 6.07) is 16.9. The van der Waals surface area contributed by atoms with Gasteiger partial charge in [0, 0.05) is 10.9 Å². The fourth-order valence-corrected chi connectivity index (χ4v) is 3.11. The largest absolute Gasteiger partial charge is 0.496 e. The Morgan fingerprint density at radius 1 is 1.07 bits per heavy atom. The molecular weight excluding hydrogens is 356 g/mol. The normalized spacial score (nSPS) is 11.6. The predicted octanol–water partition coefficient (Wildman–Crippen LogP) is 2.49. The van der Waals surface area contributed by atoms with Gasteiger partial charge in [-0.3, -0.25) is 19.7 Å². The van der Waals surface area contributed by atoms with Crippen molar-refractivity contribution < 1.29 is 19.1 Å². The maximum atomic E-state index is 12.8. The third kappa shape index (κ3) is 3.92. The summed E-state index contributed by atoms with van der Waals surface area (Å²) in [5.41, 5.74) is 7.09. The maximum absolute atomic E-state index is 12.8. The fraction of sp³-hybridized carbons (Fsp3) is 0.136. The summed E-state index contributed by atoms with van der Waals surface area (Å²) in [6.45, 7) is 0. The van der Waals surface area contributed by atoms with E-state index in [-0.39, 0.29) is 11.1 Å². The average molecular weight is 376 g/mol. The lowest BCUT2D eigenvalue weighted by Gasteiger charge is -2.15. The number of rotatable bonds is 6. The molecule has 0 aliphatic heterocycles. The van der Waals surface area contributed by atoms with E-state index in [1.165, 1.54) is 13.2 Å². The number of imide groups is 1. The second-order valence-corrected chi connectivity index (χ2v) is 6.32. The second kappa shape index (κ2) is 8.45. The summed E-state index contributed by atoms with van der Waals surface area (Å²) in [5, 5.41) is 3.51. The number of carbonyl (C=O) groups excluding carboxylic acids is 3. The van der Waals surface area contributed by atoms with Crippen molar-refractivity contribution >= 4 is 28.9 Å². The van der Waals surface area contributed by atoms with Gasteiger partial charge in [-0.25, -0.2) is 0 Å². The van der Waals surface area contributed by atoms with Crippen molar-refractivity contribution in [1.29, 1.82) is 0 Å². The highest BCUT2D eigenvalue weighted by molar-refractivity contribution is 6.17. The van der Waals surface area contributed by atoms with Gasteiger partial charge in [-0.15, -0.1) is 0 Å². The molecule has 0 saturated carbocycles. The predicted molar refractivity (Wildman–Crippen MR) is 106 cm³/mol. The Morgan fingerprint density at radius 2 is 1.71 bits per heavy atom. The topological polar surface area (TPSA) is 98.5 Å². The van der Waals surface area contributed by atoms with Crippen LogP contribution in [-0.2, 0) is 11.2 Å². The van der Waals surface area contributed by atoms with Crippen LogP contribution in [0.25, 0.3) is 10.8 Å². The number of fused-ring (bicyclic) bond motifs is 1. The van der Waals surface area contributed by atoms with Crippen LogP contribution >= 0.6 is 0 Å². The molecule has 6 nitrogen and oxygen atoms in total. The van der Waals surface area contributed by atoms with E-state index < -0.39 is 17.9 Å². The number of ether oxygens (including phenoxy) is 1. The summed E-state index contributed by atoms with van der Waals surface area (Å²) in [6.07, 6.45) is 0.863. The van der Waals surface area contributed by atoms with Crippen molar-refractivity contribution in [2.45, 2.75) is 12.5 Å². The van der Waals surface area contributed by atoms with Crippen molar-refractivity contribution in [2.24, 2.45) is 5.73 Å². The fourth-order valence-electron chi connectivity index (χ4n) is 3.11. The minimum atomic E-state index is -0.893. The summed E-state index contributed by atoms with van der Waals surface area (Å²) in [5.74, 6) is -0.804. The van der Waals surface area contributed by atoms with Crippen LogP contribution in [0, 0.1) is 0 Å². The molecule has 0 spiro atoms. The van der Waals surface area contributed by atoms with Gasteiger partial charge in [0.05, 0.1) is 18.7 Å². The number of nitrogens with one attached hydrogen (secondary N) is 1. The standard InChI is InChI=1S/C22H20N2O4/c1-28-19-12-15(13-25)20(17-10-6-5-9-16(17)19)22(27)24-21(26)18(23)11-14-7-3-2-4-8-14/h2-10,12-13,18H,11,23H2,1H3,(H,24,26,27)/t18-/m0/s1. The van der Waals surface area contributed by atoms with Gasteiger partial charge in [0.25, 0.3) is 5.91 Å². The first-order chi connectivity index (χ1) is 13.5. The van der Waals surface area contributed by atoms with Crippen molar-refractivity contribution in [3.63, 3.8) is 0 Å². The number of hydrogen-bond acceptors (Lipinski definition) is 5. The van der Waals surface area contributed by atoms with Crippen molar-refractivity contribution in [1.82, 2.24) is 5.32 Å². The van der Waals surface area contributed by atoms with Gasteiger partial charge < -0.3 is 10.5 Å². The highest BCUT2D eigenvalue weighted by Gasteiger charge is 2.22. The summed E-state index contributed by atoms with van der Waals surface area (Å²) < 4.78 is 5.31. The third-order valence-electron chi connectivity index (χ3n) is 4.48. The average Bonchev–Trinajstić information content (AvgIpc) is 2.72. The first-order valence-corrected chi connectivity index (χ1v) is 8.74. The Bertz CT molecular complexity index is 1030. The van der Waals surface area contributed by atoms with E-state index in [0.29, 0.717) is 29.2 Å². The Hall–Kier alpha value is -3.51. The Balaban J connectivity index is 1.89. The monoisotopic (exact) mass is 376 g/mol. The van der Waals surface area contributed by atoms with Crippen LogP contribution in [-0.4, -0.2) is 31.3 Å². The van der Waals surface area contributed by atoms with E-state index in [0.717, 1.165) is 5.56 Å². The van der Waals surface area contributed by atoms with Crippen molar-refractivity contribution in [2.75, 3.05) is 7.11 Å². The lowest BCUT2D eigenvalue weighted by atomic mass is 9.97. The molecule has 6 heteroatoms. The second-order valence-electron chi connectivity index (χ2n) is 6.32. The van der Waals surface area contributed by atoms with Crippen LogP contribution < -0.4 is 15.8 Å². The lowest BCUT2D eigenvalue weighted by molar-refractivity contribution is -0.121. The Morgan fingerprint density at radius 3 is 2.36 bits per heavy atom. The van der Waals surface area contributed by atoms with E-state index >= 15 is 0 Å². The van der Waals surface area contributed by atoms with Crippen LogP contribution in [0.1, 0.15) is 26.3 Å². The molecule has 28 heavy (non-hydrogen) atoms. The number of methoxy groups -OCH3 is 1. The third-order valence-corrected chi connectivity index (χ3v) is 4.48. The molecule has 0 fully saturated rings. The van der Waals surface area contributed by atoms with Crippen LogP contribution in [0.2, 0.25) is 0 Å². The molecule has 3 aromatic carbocycles. The zero-order valence-corrected chi connectivity index (χ0v) is 15.3. The van der Waals surface area contributed by atoms with E-state index in [1.807, 2.05) is 30.3 Å². The van der Waals surface area contributed by atoms with Gasteiger partial charge in [-0.05, 0) is 23.4 Å². The maximum Gasteiger partial charge on any atom is 0.259 e. The molecule has 0 aromatic heterocycles. The highest BCUT2D eigenvalue weighted by atomic mass is 16.5. The van der Waals surface area contributed by atoms with Crippen LogP contribution in [0.5, 0.6) is 5.75 Å². The van der Waals surface area contributed by atoms with Crippen molar-refractivity contribution in [3.05, 3.63) is 77.4 Å². The minimum Gasteiger partial charge on any atom is -0.496 e. The van der Waals surface area contributed by atoms with Crippen LogP contribution in [0.4, 0.5) is 0 Å². The first kappa shape index (κ1) is 19.3.